The van der Waals surface area contributed by atoms with E-state index in [1.54, 1.807) is 36.0 Å². The maximum atomic E-state index is 12.3. The summed E-state index contributed by atoms with van der Waals surface area (Å²) in [6.07, 6.45) is 3.13. The predicted molar refractivity (Wildman–Crippen MR) is 68.5 cm³/mol. The van der Waals surface area contributed by atoms with E-state index in [0.29, 0.717) is 17.1 Å². The molecule has 0 saturated heterocycles. The number of benzene rings is 1. The number of ketones is 1. The molecule has 1 aromatic carbocycles. The van der Waals surface area contributed by atoms with Gasteiger partial charge in [-0.1, -0.05) is 6.07 Å². The molecule has 0 spiro atoms. The molecule has 2 heterocycles. The Morgan fingerprint density at radius 1 is 1.45 bits per heavy atom. The van der Waals surface area contributed by atoms with E-state index in [-0.39, 0.29) is 18.3 Å². The van der Waals surface area contributed by atoms with Crippen LogP contribution < -0.4 is 9.47 Å². The highest BCUT2D eigenvalue weighted by Crippen LogP contribution is 2.35. The van der Waals surface area contributed by atoms with Gasteiger partial charge in [-0.2, -0.15) is 5.26 Å². The third-order valence-electron chi connectivity index (χ3n) is 3.08. The summed E-state index contributed by atoms with van der Waals surface area (Å²) in [6, 6.07) is 7.08. The highest BCUT2D eigenvalue weighted by atomic mass is 16.7. The van der Waals surface area contributed by atoms with Crippen LogP contribution in [0.2, 0.25) is 0 Å². The molecule has 0 bridgehead atoms. The smallest absolute Gasteiger partial charge is 0.231 e. The number of ether oxygens (including phenoxy) is 2. The molecule has 0 N–H and O–H groups in total. The van der Waals surface area contributed by atoms with Gasteiger partial charge in [0, 0.05) is 13.2 Å². The zero-order valence-corrected chi connectivity index (χ0v) is 10.7. The van der Waals surface area contributed by atoms with Gasteiger partial charge in [-0.25, -0.2) is 4.98 Å². The molecular weight excluding hydrogens is 258 g/mol. The Labute approximate surface area is 115 Å². The Balaban J connectivity index is 1.94. The molecule has 0 saturated carbocycles. The van der Waals surface area contributed by atoms with Gasteiger partial charge in [0.05, 0.1) is 12.4 Å². The van der Waals surface area contributed by atoms with Crippen LogP contribution in [-0.4, -0.2) is 22.1 Å². The van der Waals surface area contributed by atoms with Crippen molar-refractivity contribution in [3.05, 3.63) is 42.0 Å². The van der Waals surface area contributed by atoms with Crippen LogP contribution in [0.4, 0.5) is 0 Å². The molecule has 3 rings (SSSR count). The second kappa shape index (κ2) is 4.70. The largest absolute Gasteiger partial charge is 0.454 e. The lowest BCUT2D eigenvalue weighted by molar-refractivity contribution is 0.0974. The second-order valence-corrected chi connectivity index (χ2v) is 4.46. The SMILES string of the molecule is Cn1cnc(C(=O)C(C#N)c2ccc3c(c2)OCO3)c1. The molecule has 20 heavy (non-hydrogen) atoms. The van der Waals surface area contributed by atoms with Crippen LogP contribution in [0.5, 0.6) is 11.5 Å². The molecule has 0 amide bonds. The summed E-state index contributed by atoms with van der Waals surface area (Å²) in [5, 5.41) is 9.29. The number of imidazole rings is 1. The van der Waals surface area contributed by atoms with Gasteiger partial charge in [0.15, 0.2) is 11.5 Å². The molecule has 1 aliphatic heterocycles. The van der Waals surface area contributed by atoms with Crippen LogP contribution in [0.1, 0.15) is 22.0 Å². The molecule has 1 aliphatic rings. The lowest BCUT2D eigenvalue weighted by Gasteiger charge is -2.07. The summed E-state index contributed by atoms with van der Waals surface area (Å²) in [7, 11) is 1.77. The number of carbonyl (C=O) groups excluding carboxylic acids is 1. The maximum absolute atomic E-state index is 12.3. The van der Waals surface area contributed by atoms with Gasteiger partial charge in [0.1, 0.15) is 11.6 Å². The number of aromatic nitrogens is 2. The number of hydrogen-bond acceptors (Lipinski definition) is 5. The lowest BCUT2D eigenvalue weighted by Crippen LogP contribution is -2.11. The van der Waals surface area contributed by atoms with E-state index in [2.05, 4.69) is 4.98 Å². The van der Waals surface area contributed by atoms with E-state index in [1.807, 2.05) is 6.07 Å². The Hall–Kier alpha value is -2.81. The van der Waals surface area contributed by atoms with Crippen LogP contribution in [0.25, 0.3) is 0 Å². The first kappa shape index (κ1) is 12.2. The van der Waals surface area contributed by atoms with Crippen LogP contribution >= 0.6 is 0 Å². The average molecular weight is 269 g/mol. The molecule has 0 fully saturated rings. The summed E-state index contributed by atoms with van der Waals surface area (Å²) < 4.78 is 12.1. The van der Waals surface area contributed by atoms with Crippen molar-refractivity contribution in [1.29, 1.82) is 5.26 Å². The fraction of sp³-hybridized carbons (Fsp3) is 0.214. The van der Waals surface area contributed by atoms with Gasteiger partial charge in [-0.05, 0) is 17.7 Å². The number of rotatable bonds is 3. The van der Waals surface area contributed by atoms with Crippen LogP contribution in [0.15, 0.2) is 30.7 Å². The van der Waals surface area contributed by atoms with E-state index in [4.69, 9.17) is 9.47 Å². The van der Waals surface area contributed by atoms with Crippen molar-refractivity contribution in [2.24, 2.45) is 7.05 Å². The van der Waals surface area contributed by atoms with Crippen molar-refractivity contribution in [1.82, 2.24) is 9.55 Å². The van der Waals surface area contributed by atoms with Crippen molar-refractivity contribution >= 4 is 5.78 Å². The standard InChI is InChI=1S/C14H11N3O3/c1-17-6-11(16-7-17)14(18)10(5-15)9-2-3-12-13(4-9)20-8-19-12/h2-4,6-7,10H,8H2,1H3. The van der Waals surface area contributed by atoms with Crippen molar-refractivity contribution in [3.8, 4) is 17.6 Å². The molecule has 1 aromatic heterocycles. The topological polar surface area (TPSA) is 77.1 Å². The lowest BCUT2D eigenvalue weighted by atomic mass is 9.94. The fourth-order valence-corrected chi connectivity index (χ4v) is 2.07. The van der Waals surface area contributed by atoms with Gasteiger partial charge < -0.3 is 14.0 Å². The molecule has 1 unspecified atom stereocenters. The minimum Gasteiger partial charge on any atom is -0.454 e. The van der Waals surface area contributed by atoms with Crippen molar-refractivity contribution < 1.29 is 14.3 Å². The highest BCUT2D eigenvalue weighted by molar-refractivity contribution is 6.01. The first-order valence-electron chi connectivity index (χ1n) is 6.00. The number of nitrogens with zero attached hydrogens (tertiary/aromatic N) is 3. The summed E-state index contributed by atoms with van der Waals surface area (Å²) in [6.45, 7) is 0.157. The summed E-state index contributed by atoms with van der Waals surface area (Å²) in [5.41, 5.74) is 0.851. The summed E-state index contributed by atoms with van der Waals surface area (Å²) in [4.78, 5) is 16.3. The van der Waals surface area contributed by atoms with Gasteiger partial charge in [-0.15, -0.1) is 0 Å². The molecule has 6 nitrogen and oxygen atoms in total. The average Bonchev–Trinajstić information content (AvgIpc) is 3.07. The molecule has 0 radical (unpaired) electrons. The van der Waals surface area contributed by atoms with Crippen molar-refractivity contribution in [2.75, 3.05) is 6.79 Å². The summed E-state index contributed by atoms with van der Waals surface area (Å²) >= 11 is 0. The third kappa shape index (κ3) is 1.99. The Morgan fingerprint density at radius 3 is 2.95 bits per heavy atom. The minimum absolute atomic E-state index is 0.157. The van der Waals surface area contributed by atoms with E-state index in [9.17, 15) is 10.1 Å². The summed E-state index contributed by atoms with van der Waals surface area (Å²) in [5.74, 6) is -0.0568. The molecule has 2 aromatic rings. The predicted octanol–water partition coefficient (Wildman–Crippen LogP) is 1.64. The quantitative estimate of drug-likeness (QED) is 0.791. The minimum atomic E-state index is -0.903. The van der Waals surface area contributed by atoms with Crippen LogP contribution in [0, 0.1) is 11.3 Å². The van der Waals surface area contributed by atoms with Crippen molar-refractivity contribution in [2.45, 2.75) is 5.92 Å². The molecule has 1 atom stereocenters. The molecule has 100 valence electrons. The Kier molecular flexibility index (Phi) is 2.88. The van der Waals surface area contributed by atoms with Gasteiger partial charge in [0.2, 0.25) is 12.6 Å². The third-order valence-corrected chi connectivity index (χ3v) is 3.08. The zero-order chi connectivity index (χ0) is 14.1. The van der Waals surface area contributed by atoms with E-state index in [1.165, 1.54) is 6.33 Å². The van der Waals surface area contributed by atoms with Gasteiger partial charge >= 0.3 is 0 Å². The first-order valence-corrected chi connectivity index (χ1v) is 6.00. The van der Waals surface area contributed by atoms with E-state index < -0.39 is 5.92 Å². The number of carbonyl (C=O) groups is 1. The number of fused-ring (bicyclic) bond motifs is 1. The molecular formula is C14H11N3O3. The molecule has 6 heteroatoms. The number of aryl methyl sites for hydroxylation is 1. The zero-order valence-electron chi connectivity index (χ0n) is 10.7. The number of hydrogen-bond donors (Lipinski definition) is 0. The van der Waals surface area contributed by atoms with Crippen molar-refractivity contribution in [3.63, 3.8) is 0 Å². The maximum Gasteiger partial charge on any atom is 0.231 e. The van der Waals surface area contributed by atoms with Crippen LogP contribution in [0.3, 0.4) is 0 Å². The van der Waals surface area contributed by atoms with Crippen LogP contribution in [-0.2, 0) is 7.05 Å². The molecule has 0 aliphatic carbocycles. The fourth-order valence-electron chi connectivity index (χ4n) is 2.07. The monoisotopic (exact) mass is 269 g/mol. The first-order chi connectivity index (χ1) is 9.69. The van der Waals surface area contributed by atoms with E-state index >= 15 is 0 Å². The number of Topliss-reactive ketones (excluding diaryl/α,β-unsaturated/α-hetero) is 1. The highest BCUT2D eigenvalue weighted by Gasteiger charge is 2.25. The van der Waals surface area contributed by atoms with Gasteiger partial charge in [0.25, 0.3) is 0 Å². The normalized spacial score (nSPS) is 13.8. The van der Waals surface area contributed by atoms with Gasteiger partial charge in [-0.3, -0.25) is 4.79 Å². The van der Waals surface area contributed by atoms with E-state index in [0.717, 1.165) is 0 Å². The number of nitriles is 1. The Bertz CT molecular complexity index is 715. The second-order valence-electron chi connectivity index (χ2n) is 4.46. The Morgan fingerprint density at radius 2 is 2.25 bits per heavy atom.